The van der Waals surface area contributed by atoms with Gasteiger partial charge in [0.05, 0.1) is 13.2 Å². The number of hydrogen-bond donors (Lipinski definition) is 1. The molecule has 3 nitrogen and oxygen atoms in total. The van der Waals surface area contributed by atoms with Crippen molar-refractivity contribution in [2.24, 2.45) is 5.92 Å². The zero-order chi connectivity index (χ0) is 14.6. The Morgan fingerprint density at radius 3 is 2.65 bits per heavy atom. The molecule has 0 aromatic carbocycles. The summed E-state index contributed by atoms with van der Waals surface area (Å²) in [5, 5.41) is 3.44. The van der Waals surface area contributed by atoms with Crippen LogP contribution in [0.3, 0.4) is 0 Å². The van der Waals surface area contributed by atoms with Crippen LogP contribution in [-0.4, -0.2) is 12.1 Å². The monoisotopic (exact) mass is 279 g/mol. The average Bonchev–Trinajstić information content (AvgIpc) is 2.97. The minimum absolute atomic E-state index is 0.111. The summed E-state index contributed by atoms with van der Waals surface area (Å²) < 4.78 is 11.7. The normalized spacial score (nSPS) is 17.0. The van der Waals surface area contributed by atoms with Gasteiger partial charge < -0.3 is 14.5 Å². The van der Waals surface area contributed by atoms with Crippen molar-refractivity contribution in [1.29, 1.82) is 0 Å². The van der Waals surface area contributed by atoms with Crippen molar-refractivity contribution in [1.82, 2.24) is 5.32 Å². The molecule has 1 aliphatic rings. The molecule has 0 bridgehead atoms. The molecule has 0 atom stereocenters. The summed E-state index contributed by atoms with van der Waals surface area (Å²) in [4.78, 5) is 0. The first kappa shape index (κ1) is 15.6. The van der Waals surface area contributed by atoms with Crippen LogP contribution in [-0.2, 0) is 17.9 Å². The fraction of sp³-hybridized carbons (Fsp3) is 0.765. The molecular weight excluding hydrogens is 250 g/mol. The number of aryl methyl sites for hydroxylation is 1. The van der Waals surface area contributed by atoms with E-state index < -0.39 is 0 Å². The molecule has 1 aliphatic carbocycles. The standard InChI is InChI=1S/C17H29NO2/c1-13-15(12-19-11-14-7-5-6-8-14)9-16(20-13)10-18-17(2,3)4/h9,14,18H,5-8,10-12H2,1-4H3. The van der Waals surface area contributed by atoms with E-state index in [1.165, 1.54) is 31.2 Å². The Balaban J connectivity index is 1.78. The summed E-state index contributed by atoms with van der Waals surface area (Å²) in [6.45, 7) is 10.9. The first-order valence-corrected chi connectivity index (χ1v) is 7.85. The topological polar surface area (TPSA) is 34.4 Å². The molecule has 0 spiro atoms. The first-order valence-electron chi connectivity index (χ1n) is 7.85. The molecule has 0 radical (unpaired) electrons. The zero-order valence-corrected chi connectivity index (χ0v) is 13.4. The van der Waals surface area contributed by atoms with Crippen molar-refractivity contribution in [2.75, 3.05) is 6.61 Å². The molecule has 1 aromatic rings. The highest BCUT2D eigenvalue weighted by molar-refractivity contribution is 5.20. The maximum atomic E-state index is 5.86. The number of rotatable bonds is 6. The largest absolute Gasteiger partial charge is 0.465 e. The van der Waals surface area contributed by atoms with Crippen molar-refractivity contribution in [3.8, 4) is 0 Å². The van der Waals surface area contributed by atoms with Crippen molar-refractivity contribution < 1.29 is 9.15 Å². The molecule has 114 valence electrons. The lowest BCUT2D eigenvalue weighted by atomic mass is 10.1. The lowest BCUT2D eigenvalue weighted by Gasteiger charge is -2.19. The van der Waals surface area contributed by atoms with E-state index in [1.54, 1.807) is 0 Å². The summed E-state index contributed by atoms with van der Waals surface area (Å²) in [7, 11) is 0. The minimum Gasteiger partial charge on any atom is -0.465 e. The number of ether oxygens (including phenoxy) is 1. The van der Waals surface area contributed by atoms with Crippen LogP contribution in [0.15, 0.2) is 10.5 Å². The third-order valence-corrected chi connectivity index (χ3v) is 3.95. The SMILES string of the molecule is Cc1oc(CNC(C)(C)C)cc1COCC1CCCC1. The lowest BCUT2D eigenvalue weighted by molar-refractivity contribution is 0.0881. The van der Waals surface area contributed by atoms with Crippen LogP contribution >= 0.6 is 0 Å². The van der Waals surface area contributed by atoms with Crippen molar-refractivity contribution in [3.63, 3.8) is 0 Å². The second kappa shape index (κ2) is 6.77. The van der Waals surface area contributed by atoms with Gasteiger partial charge >= 0.3 is 0 Å². The van der Waals surface area contributed by atoms with E-state index >= 15 is 0 Å². The first-order chi connectivity index (χ1) is 9.44. The van der Waals surface area contributed by atoms with Crippen LogP contribution in [0.25, 0.3) is 0 Å². The molecule has 0 saturated heterocycles. The number of hydrogen-bond acceptors (Lipinski definition) is 3. The third kappa shape index (κ3) is 4.95. The predicted octanol–water partition coefficient (Wildman–Crippen LogP) is 4.18. The smallest absolute Gasteiger partial charge is 0.118 e. The van der Waals surface area contributed by atoms with Crippen molar-refractivity contribution in [3.05, 3.63) is 23.2 Å². The Morgan fingerprint density at radius 1 is 1.30 bits per heavy atom. The molecule has 0 unspecified atom stereocenters. The van der Waals surface area contributed by atoms with Crippen LogP contribution in [0.1, 0.15) is 63.5 Å². The molecule has 1 N–H and O–H groups in total. The van der Waals surface area contributed by atoms with Gasteiger partial charge in [0.2, 0.25) is 0 Å². The maximum Gasteiger partial charge on any atom is 0.118 e. The molecule has 0 amide bonds. The Hall–Kier alpha value is -0.800. The second-order valence-electron chi connectivity index (χ2n) is 7.06. The van der Waals surface area contributed by atoms with Gasteiger partial charge in [-0.3, -0.25) is 0 Å². The van der Waals surface area contributed by atoms with Gasteiger partial charge in [-0.25, -0.2) is 0 Å². The predicted molar refractivity (Wildman–Crippen MR) is 81.7 cm³/mol. The van der Waals surface area contributed by atoms with E-state index in [-0.39, 0.29) is 5.54 Å². The minimum atomic E-state index is 0.111. The van der Waals surface area contributed by atoms with E-state index in [0.717, 1.165) is 30.6 Å². The molecule has 1 fully saturated rings. The van der Waals surface area contributed by atoms with Gasteiger partial charge in [0.25, 0.3) is 0 Å². The molecular formula is C17H29NO2. The van der Waals surface area contributed by atoms with Gasteiger partial charge in [0.15, 0.2) is 0 Å². The quantitative estimate of drug-likeness (QED) is 0.848. The molecule has 1 saturated carbocycles. The molecule has 0 aliphatic heterocycles. The van der Waals surface area contributed by atoms with E-state index in [1.807, 2.05) is 6.92 Å². The summed E-state index contributed by atoms with van der Waals surface area (Å²) >= 11 is 0. The van der Waals surface area contributed by atoms with E-state index in [2.05, 4.69) is 32.2 Å². The van der Waals surface area contributed by atoms with Crippen LogP contribution in [0.5, 0.6) is 0 Å². The summed E-state index contributed by atoms with van der Waals surface area (Å²) in [5.74, 6) is 2.77. The summed E-state index contributed by atoms with van der Waals surface area (Å²) in [6, 6.07) is 2.13. The van der Waals surface area contributed by atoms with Crippen LogP contribution in [0, 0.1) is 12.8 Å². The van der Waals surface area contributed by atoms with Crippen LogP contribution < -0.4 is 5.32 Å². The lowest BCUT2D eigenvalue weighted by Crippen LogP contribution is -2.34. The molecule has 1 heterocycles. The fourth-order valence-electron chi connectivity index (χ4n) is 2.68. The van der Waals surface area contributed by atoms with E-state index in [0.29, 0.717) is 6.61 Å². The van der Waals surface area contributed by atoms with Gasteiger partial charge in [-0.1, -0.05) is 12.8 Å². The van der Waals surface area contributed by atoms with Gasteiger partial charge in [-0.15, -0.1) is 0 Å². The Bertz CT molecular complexity index is 411. The summed E-state index contributed by atoms with van der Waals surface area (Å²) in [5.41, 5.74) is 1.30. The zero-order valence-electron chi connectivity index (χ0n) is 13.4. The molecule has 1 aromatic heterocycles. The fourth-order valence-corrected chi connectivity index (χ4v) is 2.68. The second-order valence-corrected chi connectivity index (χ2v) is 7.06. The van der Waals surface area contributed by atoms with E-state index in [4.69, 9.17) is 9.15 Å². The van der Waals surface area contributed by atoms with Crippen LogP contribution in [0.4, 0.5) is 0 Å². The van der Waals surface area contributed by atoms with Crippen molar-refractivity contribution in [2.45, 2.75) is 72.1 Å². The Kier molecular flexibility index (Phi) is 5.28. The van der Waals surface area contributed by atoms with Gasteiger partial charge in [-0.05, 0) is 52.5 Å². The highest BCUT2D eigenvalue weighted by atomic mass is 16.5. The highest BCUT2D eigenvalue weighted by Gasteiger charge is 2.16. The van der Waals surface area contributed by atoms with Gasteiger partial charge in [0.1, 0.15) is 11.5 Å². The van der Waals surface area contributed by atoms with Crippen LogP contribution in [0.2, 0.25) is 0 Å². The molecule has 20 heavy (non-hydrogen) atoms. The summed E-state index contributed by atoms with van der Waals surface area (Å²) in [6.07, 6.45) is 5.43. The van der Waals surface area contributed by atoms with Gasteiger partial charge in [0, 0.05) is 17.7 Å². The molecule has 2 rings (SSSR count). The maximum absolute atomic E-state index is 5.86. The van der Waals surface area contributed by atoms with Crippen molar-refractivity contribution >= 4 is 0 Å². The highest BCUT2D eigenvalue weighted by Crippen LogP contribution is 2.25. The Morgan fingerprint density at radius 2 is 2.00 bits per heavy atom. The third-order valence-electron chi connectivity index (χ3n) is 3.95. The van der Waals surface area contributed by atoms with Gasteiger partial charge in [-0.2, -0.15) is 0 Å². The average molecular weight is 279 g/mol. The molecule has 3 heteroatoms. The van der Waals surface area contributed by atoms with E-state index in [9.17, 15) is 0 Å². The number of furan rings is 1. The number of nitrogens with one attached hydrogen (secondary N) is 1. The Labute approximate surface area is 123 Å².